The summed E-state index contributed by atoms with van der Waals surface area (Å²) in [6.07, 6.45) is 8.47. The van der Waals surface area contributed by atoms with E-state index in [1.807, 2.05) is 7.11 Å². The summed E-state index contributed by atoms with van der Waals surface area (Å²) < 4.78 is 5.65. The van der Waals surface area contributed by atoms with Crippen LogP contribution < -0.4 is 11.3 Å². The van der Waals surface area contributed by atoms with E-state index in [0.29, 0.717) is 6.04 Å². The number of nitrogens with two attached hydrogens (primary N) is 1. The van der Waals surface area contributed by atoms with Crippen molar-refractivity contribution in [1.82, 2.24) is 5.43 Å². The molecule has 0 aliphatic heterocycles. The number of ether oxygens (including phenoxy) is 1. The molecule has 0 radical (unpaired) electrons. The second-order valence-corrected chi connectivity index (χ2v) is 5.44. The average Bonchev–Trinajstić information content (AvgIpc) is 2.22. The molecule has 1 saturated carbocycles. The van der Waals surface area contributed by atoms with E-state index in [4.69, 9.17) is 10.6 Å². The van der Waals surface area contributed by atoms with Crippen LogP contribution in [0.4, 0.5) is 0 Å². The van der Waals surface area contributed by atoms with Crippen molar-refractivity contribution < 1.29 is 4.74 Å². The molecule has 2 unspecified atom stereocenters. The van der Waals surface area contributed by atoms with Crippen molar-refractivity contribution in [2.75, 3.05) is 7.11 Å². The van der Waals surface area contributed by atoms with Crippen LogP contribution in [0.2, 0.25) is 0 Å². The second kappa shape index (κ2) is 6.58. The Morgan fingerprint density at radius 3 is 2.50 bits per heavy atom. The van der Waals surface area contributed by atoms with Crippen LogP contribution in [-0.4, -0.2) is 18.8 Å². The van der Waals surface area contributed by atoms with Gasteiger partial charge >= 0.3 is 0 Å². The van der Waals surface area contributed by atoms with Crippen molar-refractivity contribution in [2.45, 2.75) is 70.4 Å². The lowest BCUT2D eigenvalue weighted by molar-refractivity contribution is -0.0846. The summed E-state index contributed by atoms with van der Waals surface area (Å²) in [4.78, 5) is 0. The first kappa shape index (κ1) is 13.9. The Kier molecular flexibility index (Phi) is 5.73. The number of methoxy groups -OCH3 is 1. The summed E-state index contributed by atoms with van der Waals surface area (Å²) in [7, 11) is 1.84. The van der Waals surface area contributed by atoms with Crippen LogP contribution >= 0.6 is 0 Å². The van der Waals surface area contributed by atoms with E-state index in [2.05, 4.69) is 19.3 Å². The van der Waals surface area contributed by atoms with Gasteiger partial charge in [-0.25, -0.2) is 0 Å². The zero-order valence-electron chi connectivity index (χ0n) is 11.1. The Hall–Kier alpha value is -0.120. The van der Waals surface area contributed by atoms with Gasteiger partial charge in [0.15, 0.2) is 0 Å². The van der Waals surface area contributed by atoms with Crippen molar-refractivity contribution in [3.63, 3.8) is 0 Å². The summed E-state index contributed by atoms with van der Waals surface area (Å²) in [5.41, 5.74) is 3.10. The molecule has 16 heavy (non-hydrogen) atoms. The molecule has 0 saturated heterocycles. The largest absolute Gasteiger partial charge is 0.378 e. The molecule has 2 atom stereocenters. The Labute approximate surface area is 100 Å². The highest BCUT2D eigenvalue weighted by molar-refractivity contribution is 4.93. The van der Waals surface area contributed by atoms with Crippen LogP contribution in [0.3, 0.4) is 0 Å². The quantitative estimate of drug-likeness (QED) is 0.496. The predicted molar refractivity (Wildman–Crippen MR) is 68.0 cm³/mol. The molecule has 0 heterocycles. The first-order chi connectivity index (χ1) is 7.65. The van der Waals surface area contributed by atoms with E-state index in [1.165, 1.54) is 32.1 Å². The van der Waals surface area contributed by atoms with Gasteiger partial charge in [-0.3, -0.25) is 11.3 Å². The van der Waals surface area contributed by atoms with E-state index >= 15 is 0 Å². The Morgan fingerprint density at radius 2 is 2.12 bits per heavy atom. The number of hydrogen-bond acceptors (Lipinski definition) is 3. The smallest absolute Gasteiger partial charge is 0.0694 e. The molecule has 3 nitrogen and oxygen atoms in total. The van der Waals surface area contributed by atoms with E-state index in [9.17, 15) is 0 Å². The van der Waals surface area contributed by atoms with Gasteiger partial charge in [-0.15, -0.1) is 0 Å². The van der Waals surface area contributed by atoms with Crippen molar-refractivity contribution >= 4 is 0 Å². The third kappa shape index (κ3) is 3.72. The van der Waals surface area contributed by atoms with Crippen molar-refractivity contribution in [2.24, 2.45) is 11.8 Å². The van der Waals surface area contributed by atoms with Crippen LogP contribution in [0.1, 0.15) is 58.8 Å². The molecular weight excluding hydrogens is 200 g/mol. The minimum Gasteiger partial charge on any atom is -0.378 e. The van der Waals surface area contributed by atoms with Crippen molar-refractivity contribution in [3.05, 3.63) is 0 Å². The van der Waals surface area contributed by atoms with Gasteiger partial charge in [-0.05, 0) is 38.0 Å². The van der Waals surface area contributed by atoms with Gasteiger partial charge in [0.1, 0.15) is 0 Å². The molecule has 0 aromatic carbocycles. The third-order valence-corrected chi connectivity index (χ3v) is 4.02. The molecule has 1 aliphatic carbocycles. The standard InChI is InChI=1S/C13H28N2O/c1-4-6-11(2)9-12(15-14)10-13(16-3)7-5-8-13/h11-12,15H,4-10,14H2,1-3H3. The lowest BCUT2D eigenvalue weighted by atomic mass is 9.74. The van der Waals surface area contributed by atoms with Gasteiger partial charge in [-0.1, -0.05) is 26.7 Å². The highest BCUT2D eigenvalue weighted by Gasteiger charge is 2.38. The molecule has 0 aromatic rings. The van der Waals surface area contributed by atoms with Crippen LogP contribution in [0.25, 0.3) is 0 Å². The Balaban J connectivity index is 2.36. The monoisotopic (exact) mass is 228 g/mol. The lowest BCUT2D eigenvalue weighted by Crippen LogP contribution is -2.48. The van der Waals surface area contributed by atoms with Crippen LogP contribution in [-0.2, 0) is 4.74 Å². The van der Waals surface area contributed by atoms with Crippen molar-refractivity contribution in [3.8, 4) is 0 Å². The highest BCUT2D eigenvalue weighted by atomic mass is 16.5. The maximum Gasteiger partial charge on any atom is 0.0694 e. The Morgan fingerprint density at radius 1 is 1.44 bits per heavy atom. The third-order valence-electron chi connectivity index (χ3n) is 4.02. The highest BCUT2D eigenvalue weighted by Crippen LogP contribution is 2.39. The number of hydrazine groups is 1. The molecule has 3 heteroatoms. The van der Waals surface area contributed by atoms with E-state index in [0.717, 1.165) is 18.8 Å². The van der Waals surface area contributed by atoms with E-state index in [-0.39, 0.29) is 5.60 Å². The van der Waals surface area contributed by atoms with Crippen LogP contribution in [0.15, 0.2) is 0 Å². The van der Waals surface area contributed by atoms with Gasteiger partial charge in [0.05, 0.1) is 5.60 Å². The average molecular weight is 228 g/mol. The minimum atomic E-state index is 0.128. The maximum absolute atomic E-state index is 5.65. The SMILES string of the molecule is CCCC(C)CC(CC1(OC)CCC1)NN. The second-order valence-electron chi connectivity index (χ2n) is 5.44. The number of nitrogens with one attached hydrogen (secondary N) is 1. The first-order valence-corrected chi connectivity index (χ1v) is 6.67. The fraction of sp³-hybridized carbons (Fsp3) is 1.00. The summed E-state index contributed by atoms with van der Waals surface area (Å²) in [5.74, 6) is 6.40. The van der Waals surface area contributed by atoms with Gasteiger partial charge < -0.3 is 4.74 Å². The fourth-order valence-corrected chi connectivity index (χ4v) is 2.82. The topological polar surface area (TPSA) is 47.3 Å². The molecule has 96 valence electrons. The molecule has 1 aliphatic rings. The predicted octanol–water partition coefficient (Wildman–Crippen LogP) is 2.60. The zero-order chi connectivity index (χ0) is 12.0. The molecule has 3 N–H and O–H groups in total. The van der Waals surface area contributed by atoms with Gasteiger partial charge in [0.2, 0.25) is 0 Å². The lowest BCUT2D eigenvalue weighted by Gasteiger charge is -2.43. The molecule has 1 rings (SSSR count). The summed E-state index contributed by atoms with van der Waals surface area (Å²) in [5, 5.41) is 0. The normalized spacial score (nSPS) is 22.5. The Bertz CT molecular complexity index is 187. The van der Waals surface area contributed by atoms with Gasteiger partial charge in [0, 0.05) is 13.2 Å². The summed E-state index contributed by atoms with van der Waals surface area (Å²) in [6, 6.07) is 0.404. The molecular formula is C13H28N2O. The summed E-state index contributed by atoms with van der Waals surface area (Å²) >= 11 is 0. The number of hydrogen-bond donors (Lipinski definition) is 2. The zero-order valence-corrected chi connectivity index (χ0v) is 11.1. The minimum absolute atomic E-state index is 0.128. The molecule has 0 bridgehead atoms. The summed E-state index contributed by atoms with van der Waals surface area (Å²) in [6.45, 7) is 4.55. The van der Waals surface area contributed by atoms with E-state index < -0.39 is 0 Å². The molecule has 0 spiro atoms. The molecule has 0 amide bonds. The molecule has 1 fully saturated rings. The van der Waals surface area contributed by atoms with Crippen LogP contribution in [0, 0.1) is 5.92 Å². The van der Waals surface area contributed by atoms with Crippen molar-refractivity contribution in [1.29, 1.82) is 0 Å². The first-order valence-electron chi connectivity index (χ1n) is 6.67. The maximum atomic E-state index is 5.65. The fourth-order valence-electron chi connectivity index (χ4n) is 2.82. The van der Waals surface area contributed by atoms with Gasteiger partial charge in [-0.2, -0.15) is 0 Å². The van der Waals surface area contributed by atoms with Gasteiger partial charge in [0.25, 0.3) is 0 Å². The molecule has 0 aromatic heterocycles. The van der Waals surface area contributed by atoms with Crippen LogP contribution in [0.5, 0.6) is 0 Å². The van der Waals surface area contributed by atoms with E-state index in [1.54, 1.807) is 0 Å². The number of rotatable bonds is 8.